The third kappa shape index (κ3) is 4.57. The lowest BCUT2D eigenvalue weighted by Gasteiger charge is -2.11. The Kier molecular flexibility index (Phi) is 6.10. The summed E-state index contributed by atoms with van der Waals surface area (Å²) in [5, 5.41) is 3.64. The number of carbonyl (C=O) groups excluding carboxylic acids is 1. The number of carbonyl (C=O) groups is 1. The molecule has 0 fully saturated rings. The van der Waals surface area contributed by atoms with Crippen molar-refractivity contribution in [2.45, 2.75) is 26.8 Å². The molecule has 1 aromatic carbocycles. The van der Waals surface area contributed by atoms with E-state index in [1.165, 1.54) is 17.7 Å². The summed E-state index contributed by atoms with van der Waals surface area (Å²) in [5.74, 6) is -1.01. The van der Waals surface area contributed by atoms with Crippen LogP contribution in [0, 0.1) is 5.82 Å². The zero-order chi connectivity index (χ0) is 20.3. The molecule has 1 aromatic heterocycles. The number of halogens is 2. The van der Waals surface area contributed by atoms with Crippen LogP contribution in [0.15, 0.2) is 33.2 Å². The van der Waals surface area contributed by atoms with Crippen LogP contribution < -0.4 is 14.4 Å². The van der Waals surface area contributed by atoms with Gasteiger partial charge < -0.3 is 9.57 Å². The molecular weight excluding hydrogens is 411 g/mol. The van der Waals surface area contributed by atoms with Crippen LogP contribution in [0.2, 0.25) is 5.02 Å². The third-order valence-corrected chi connectivity index (χ3v) is 4.73. The summed E-state index contributed by atoms with van der Waals surface area (Å²) in [7, 11) is 0. The SMILES string of the molecule is CC(=O)ON=C(C)COc1cc(N=c2sc(=O)n3n2CCC=C3)c(F)cc1Cl. The van der Waals surface area contributed by atoms with Crippen molar-refractivity contribution < 1.29 is 18.8 Å². The van der Waals surface area contributed by atoms with Crippen molar-refractivity contribution in [2.75, 3.05) is 6.61 Å². The zero-order valence-electron chi connectivity index (χ0n) is 15.0. The number of nitrogens with zero attached hydrogens (tertiary/aromatic N) is 4. The van der Waals surface area contributed by atoms with Gasteiger partial charge in [-0.25, -0.2) is 18.9 Å². The number of oxime groups is 1. The lowest BCUT2D eigenvalue weighted by molar-refractivity contribution is -0.140. The third-order valence-electron chi connectivity index (χ3n) is 3.58. The molecule has 0 amide bonds. The van der Waals surface area contributed by atoms with Gasteiger partial charge in [0.2, 0.25) is 4.80 Å². The van der Waals surface area contributed by atoms with Gasteiger partial charge in [-0.05, 0) is 30.7 Å². The Bertz CT molecular complexity index is 1100. The fourth-order valence-corrected chi connectivity index (χ4v) is 3.38. The number of hydrogen-bond donors (Lipinski definition) is 0. The van der Waals surface area contributed by atoms with Crippen molar-refractivity contribution in [1.29, 1.82) is 0 Å². The summed E-state index contributed by atoms with van der Waals surface area (Å²) in [6.45, 7) is 3.37. The van der Waals surface area contributed by atoms with Crippen LogP contribution in [-0.4, -0.2) is 27.7 Å². The van der Waals surface area contributed by atoms with Gasteiger partial charge in [0.1, 0.15) is 18.0 Å². The Balaban J connectivity index is 1.91. The van der Waals surface area contributed by atoms with E-state index in [2.05, 4.69) is 15.0 Å². The summed E-state index contributed by atoms with van der Waals surface area (Å²) in [5.41, 5.74) is 0.372. The summed E-state index contributed by atoms with van der Waals surface area (Å²) in [4.78, 5) is 31.7. The van der Waals surface area contributed by atoms with E-state index < -0.39 is 11.8 Å². The predicted octanol–water partition coefficient (Wildman–Crippen LogP) is 2.93. The van der Waals surface area contributed by atoms with Crippen LogP contribution in [0.5, 0.6) is 5.75 Å². The largest absolute Gasteiger partial charge is 0.486 e. The summed E-state index contributed by atoms with van der Waals surface area (Å²) in [6.07, 6.45) is 4.30. The topological polar surface area (TPSA) is 87.2 Å². The van der Waals surface area contributed by atoms with Crippen LogP contribution in [-0.2, 0) is 16.2 Å². The molecule has 0 saturated heterocycles. The minimum absolute atomic E-state index is 0.0133. The van der Waals surface area contributed by atoms with Crippen molar-refractivity contribution >= 4 is 46.5 Å². The molecule has 0 radical (unpaired) electrons. The van der Waals surface area contributed by atoms with Crippen LogP contribution in [0.1, 0.15) is 20.3 Å². The van der Waals surface area contributed by atoms with E-state index in [9.17, 15) is 14.0 Å². The van der Waals surface area contributed by atoms with Gasteiger partial charge in [-0.2, -0.15) is 0 Å². The lowest BCUT2D eigenvalue weighted by atomic mass is 10.3. The molecule has 11 heteroatoms. The fourth-order valence-electron chi connectivity index (χ4n) is 2.33. The van der Waals surface area contributed by atoms with Gasteiger partial charge >= 0.3 is 10.8 Å². The number of benzene rings is 1. The van der Waals surface area contributed by atoms with Gasteiger partial charge in [-0.1, -0.05) is 22.8 Å². The molecule has 0 spiro atoms. The summed E-state index contributed by atoms with van der Waals surface area (Å²) < 4.78 is 23.0. The van der Waals surface area contributed by atoms with Gasteiger partial charge in [0, 0.05) is 25.7 Å². The first-order valence-corrected chi connectivity index (χ1v) is 9.41. The molecule has 0 bridgehead atoms. The first-order chi connectivity index (χ1) is 13.3. The van der Waals surface area contributed by atoms with Gasteiger partial charge in [0.15, 0.2) is 5.82 Å². The number of fused-ring (bicyclic) bond motifs is 1. The van der Waals surface area contributed by atoms with Crippen molar-refractivity contribution in [3.63, 3.8) is 0 Å². The number of aromatic nitrogens is 2. The van der Waals surface area contributed by atoms with E-state index in [-0.39, 0.29) is 27.9 Å². The minimum Gasteiger partial charge on any atom is -0.486 e. The molecule has 1 aliphatic heterocycles. The molecule has 0 atom stereocenters. The molecule has 0 unspecified atom stereocenters. The first kappa shape index (κ1) is 20.0. The minimum atomic E-state index is -0.644. The number of ether oxygens (including phenoxy) is 1. The quantitative estimate of drug-likeness (QED) is 0.418. The second kappa shape index (κ2) is 8.53. The van der Waals surface area contributed by atoms with Gasteiger partial charge in [0.25, 0.3) is 0 Å². The van der Waals surface area contributed by atoms with E-state index >= 15 is 0 Å². The number of allylic oxidation sites excluding steroid dienone is 1. The predicted molar refractivity (Wildman–Crippen MR) is 104 cm³/mol. The maximum absolute atomic E-state index is 14.3. The average molecular weight is 427 g/mol. The van der Waals surface area contributed by atoms with Crippen molar-refractivity contribution in [3.05, 3.63) is 43.5 Å². The normalized spacial score (nSPS) is 14.1. The Morgan fingerprint density at radius 2 is 2.18 bits per heavy atom. The molecule has 0 saturated carbocycles. The Morgan fingerprint density at radius 1 is 1.39 bits per heavy atom. The molecule has 2 heterocycles. The summed E-state index contributed by atoms with van der Waals surface area (Å²) >= 11 is 6.95. The first-order valence-electron chi connectivity index (χ1n) is 8.22. The van der Waals surface area contributed by atoms with E-state index in [1.807, 2.05) is 6.08 Å². The molecule has 8 nitrogen and oxygen atoms in total. The van der Waals surface area contributed by atoms with E-state index in [1.54, 1.807) is 17.8 Å². The van der Waals surface area contributed by atoms with Crippen LogP contribution >= 0.6 is 22.9 Å². The highest BCUT2D eigenvalue weighted by molar-refractivity contribution is 7.06. The number of hydrogen-bond acceptors (Lipinski definition) is 7. The van der Waals surface area contributed by atoms with Crippen molar-refractivity contribution in [3.8, 4) is 5.75 Å². The van der Waals surface area contributed by atoms with E-state index in [0.717, 1.165) is 23.8 Å². The molecule has 148 valence electrons. The standard InChI is InChI=1S/C17H16ClFN4O4S/c1-10(21-27-11(2)24)9-26-15-8-14(13(19)7-12(15)18)20-16-22-5-3-4-6-23(22)17(25)28-16/h4,6-8H,3,5,9H2,1-2H3. The molecule has 3 rings (SSSR count). The highest BCUT2D eigenvalue weighted by atomic mass is 35.5. The molecule has 0 N–H and O–H groups in total. The zero-order valence-corrected chi connectivity index (χ0v) is 16.6. The fraction of sp³-hybridized carbons (Fsp3) is 0.294. The summed E-state index contributed by atoms with van der Waals surface area (Å²) in [6, 6.07) is 2.43. The van der Waals surface area contributed by atoms with E-state index in [4.69, 9.17) is 16.3 Å². The Hall–Kier alpha value is -2.72. The maximum Gasteiger partial charge on any atom is 0.331 e. The Morgan fingerprint density at radius 3 is 2.93 bits per heavy atom. The van der Waals surface area contributed by atoms with Crippen molar-refractivity contribution in [2.24, 2.45) is 10.1 Å². The van der Waals surface area contributed by atoms with Crippen LogP contribution in [0.25, 0.3) is 6.20 Å². The molecule has 28 heavy (non-hydrogen) atoms. The molecule has 2 aromatic rings. The van der Waals surface area contributed by atoms with Crippen molar-refractivity contribution in [1.82, 2.24) is 9.36 Å². The monoisotopic (exact) mass is 426 g/mol. The van der Waals surface area contributed by atoms with E-state index in [0.29, 0.717) is 17.1 Å². The average Bonchev–Trinajstić information content (AvgIpc) is 2.97. The van der Waals surface area contributed by atoms with Gasteiger partial charge in [-0.15, -0.1) is 0 Å². The van der Waals surface area contributed by atoms with Gasteiger partial charge in [0.05, 0.1) is 10.7 Å². The maximum atomic E-state index is 14.3. The molecular formula is C17H16ClFN4O4S. The second-order valence-electron chi connectivity index (χ2n) is 5.84. The Labute approximate surface area is 167 Å². The molecule has 0 aliphatic carbocycles. The van der Waals surface area contributed by atoms with Crippen LogP contribution in [0.3, 0.4) is 0 Å². The highest BCUT2D eigenvalue weighted by Gasteiger charge is 2.13. The lowest BCUT2D eigenvalue weighted by Crippen LogP contribution is -2.26. The smallest absolute Gasteiger partial charge is 0.331 e. The molecule has 1 aliphatic rings. The highest BCUT2D eigenvalue weighted by Crippen LogP contribution is 2.32. The van der Waals surface area contributed by atoms with Gasteiger partial charge in [-0.3, -0.25) is 9.48 Å². The number of rotatable bonds is 5. The van der Waals surface area contributed by atoms with Crippen LogP contribution in [0.4, 0.5) is 10.1 Å². The second-order valence-corrected chi connectivity index (χ2v) is 7.16.